The van der Waals surface area contributed by atoms with Crippen LogP contribution in [0.4, 0.5) is 18.9 Å². The Hall–Kier alpha value is -1.69. The average molecular weight is 346 g/mol. The lowest BCUT2D eigenvalue weighted by atomic mass is 10.1. The number of benzene rings is 2. The molecule has 0 spiro atoms. The van der Waals surface area contributed by atoms with E-state index in [4.69, 9.17) is 10.5 Å². The normalized spacial score (nSPS) is 11.4. The summed E-state index contributed by atoms with van der Waals surface area (Å²) >= 11 is 3.31. The highest BCUT2D eigenvalue weighted by molar-refractivity contribution is 9.10. The molecule has 0 aliphatic carbocycles. The van der Waals surface area contributed by atoms with Crippen LogP contribution in [0.15, 0.2) is 46.9 Å². The second-order valence-corrected chi connectivity index (χ2v) is 5.03. The van der Waals surface area contributed by atoms with Gasteiger partial charge in [0.2, 0.25) is 0 Å². The van der Waals surface area contributed by atoms with E-state index < -0.39 is 11.7 Å². The zero-order valence-corrected chi connectivity index (χ0v) is 11.8. The van der Waals surface area contributed by atoms with Gasteiger partial charge in [-0.25, -0.2) is 0 Å². The number of rotatable bonds is 3. The first kappa shape index (κ1) is 14.7. The van der Waals surface area contributed by atoms with Crippen LogP contribution in [0.3, 0.4) is 0 Å². The van der Waals surface area contributed by atoms with E-state index in [-0.39, 0.29) is 6.61 Å². The SMILES string of the molecule is Nc1ccc(Br)c(OCc2ccc(C(F)(F)F)cc2)c1. The van der Waals surface area contributed by atoms with Crippen molar-refractivity contribution in [2.24, 2.45) is 0 Å². The molecule has 0 amide bonds. The van der Waals surface area contributed by atoms with Crippen molar-refractivity contribution in [2.75, 3.05) is 5.73 Å². The number of alkyl halides is 3. The number of hydrogen-bond acceptors (Lipinski definition) is 2. The molecular weight excluding hydrogens is 335 g/mol. The minimum Gasteiger partial charge on any atom is -0.488 e. The van der Waals surface area contributed by atoms with Gasteiger partial charge in [-0.05, 0) is 45.8 Å². The van der Waals surface area contributed by atoms with E-state index in [0.29, 0.717) is 17.0 Å². The summed E-state index contributed by atoms with van der Waals surface area (Å²) in [5.74, 6) is 0.546. The van der Waals surface area contributed by atoms with Crippen LogP contribution in [0, 0.1) is 0 Å². The number of anilines is 1. The Bertz CT molecular complexity index is 596. The molecular formula is C14H11BrF3NO. The van der Waals surface area contributed by atoms with Gasteiger partial charge in [-0.1, -0.05) is 12.1 Å². The van der Waals surface area contributed by atoms with E-state index in [1.165, 1.54) is 12.1 Å². The predicted molar refractivity (Wildman–Crippen MR) is 74.3 cm³/mol. The molecule has 0 saturated carbocycles. The molecule has 2 nitrogen and oxygen atoms in total. The lowest BCUT2D eigenvalue weighted by molar-refractivity contribution is -0.137. The van der Waals surface area contributed by atoms with Crippen LogP contribution in [0.5, 0.6) is 5.75 Å². The van der Waals surface area contributed by atoms with E-state index in [2.05, 4.69) is 15.9 Å². The molecule has 2 rings (SSSR count). The minimum absolute atomic E-state index is 0.167. The molecule has 2 N–H and O–H groups in total. The van der Waals surface area contributed by atoms with Crippen molar-refractivity contribution in [1.29, 1.82) is 0 Å². The highest BCUT2D eigenvalue weighted by Crippen LogP contribution is 2.30. The van der Waals surface area contributed by atoms with Crippen LogP contribution in [-0.2, 0) is 12.8 Å². The zero-order valence-electron chi connectivity index (χ0n) is 10.2. The molecule has 2 aromatic carbocycles. The third-order valence-corrected chi connectivity index (χ3v) is 3.29. The first-order valence-electron chi connectivity index (χ1n) is 5.70. The smallest absolute Gasteiger partial charge is 0.416 e. The van der Waals surface area contributed by atoms with E-state index in [9.17, 15) is 13.2 Å². The number of halogens is 4. The van der Waals surface area contributed by atoms with Crippen molar-refractivity contribution in [3.05, 3.63) is 58.1 Å². The summed E-state index contributed by atoms with van der Waals surface area (Å²) in [5, 5.41) is 0. The van der Waals surface area contributed by atoms with Gasteiger partial charge < -0.3 is 10.5 Å². The van der Waals surface area contributed by atoms with Crippen LogP contribution in [-0.4, -0.2) is 0 Å². The van der Waals surface area contributed by atoms with Gasteiger partial charge in [-0.3, -0.25) is 0 Å². The highest BCUT2D eigenvalue weighted by atomic mass is 79.9. The van der Waals surface area contributed by atoms with Crippen molar-refractivity contribution in [2.45, 2.75) is 12.8 Å². The van der Waals surface area contributed by atoms with Gasteiger partial charge in [0.1, 0.15) is 12.4 Å². The fourth-order valence-electron chi connectivity index (χ4n) is 1.58. The second kappa shape index (κ2) is 5.75. The maximum absolute atomic E-state index is 12.4. The number of nitrogen functional groups attached to an aromatic ring is 1. The number of ether oxygens (including phenoxy) is 1. The van der Waals surface area contributed by atoms with Gasteiger partial charge in [-0.2, -0.15) is 13.2 Å². The second-order valence-electron chi connectivity index (χ2n) is 4.17. The lowest BCUT2D eigenvalue weighted by Crippen LogP contribution is -2.05. The molecule has 0 aliphatic rings. The molecule has 2 aromatic rings. The van der Waals surface area contributed by atoms with Crippen molar-refractivity contribution in [1.82, 2.24) is 0 Å². The molecule has 20 heavy (non-hydrogen) atoms. The van der Waals surface area contributed by atoms with Gasteiger partial charge >= 0.3 is 6.18 Å². The van der Waals surface area contributed by atoms with E-state index in [1.54, 1.807) is 18.2 Å². The first-order chi connectivity index (χ1) is 9.36. The molecule has 0 radical (unpaired) electrons. The standard InChI is InChI=1S/C14H11BrF3NO/c15-12-6-5-11(19)7-13(12)20-8-9-1-3-10(4-2-9)14(16,17)18/h1-7H,8,19H2. The fraction of sp³-hybridized carbons (Fsp3) is 0.143. The maximum Gasteiger partial charge on any atom is 0.416 e. The largest absolute Gasteiger partial charge is 0.488 e. The Morgan fingerprint density at radius 3 is 2.30 bits per heavy atom. The van der Waals surface area contributed by atoms with Crippen molar-refractivity contribution in [3.63, 3.8) is 0 Å². The Kier molecular flexibility index (Phi) is 4.23. The third-order valence-electron chi connectivity index (χ3n) is 2.63. The first-order valence-corrected chi connectivity index (χ1v) is 6.49. The summed E-state index contributed by atoms with van der Waals surface area (Å²) in [4.78, 5) is 0. The van der Waals surface area contributed by atoms with Crippen LogP contribution >= 0.6 is 15.9 Å². The molecule has 0 aliphatic heterocycles. The molecule has 0 aromatic heterocycles. The summed E-state index contributed by atoms with van der Waals surface area (Å²) < 4.78 is 43.5. The van der Waals surface area contributed by atoms with Gasteiger partial charge in [0.15, 0.2) is 0 Å². The zero-order chi connectivity index (χ0) is 14.8. The van der Waals surface area contributed by atoms with Crippen LogP contribution in [0.25, 0.3) is 0 Å². The fourth-order valence-corrected chi connectivity index (χ4v) is 1.94. The van der Waals surface area contributed by atoms with Crippen LogP contribution < -0.4 is 10.5 Å². The maximum atomic E-state index is 12.4. The average Bonchev–Trinajstić information content (AvgIpc) is 2.39. The Morgan fingerprint density at radius 1 is 1.05 bits per heavy atom. The minimum atomic E-state index is -4.32. The number of nitrogens with two attached hydrogens (primary N) is 1. The summed E-state index contributed by atoms with van der Waals surface area (Å²) in [5.41, 5.74) is 6.16. The molecule has 0 heterocycles. The molecule has 6 heteroatoms. The Balaban J connectivity index is 2.06. The number of hydrogen-bond donors (Lipinski definition) is 1. The van der Waals surface area contributed by atoms with Crippen molar-refractivity contribution < 1.29 is 17.9 Å². The predicted octanol–water partition coefficient (Wildman–Crippen LogP) is 4.63. The lowest BCUT2D eigenvalue weighted by Gasteiger charge is -2.10. The topological polar surface area (TPSA) is 35.2 Å². The van der Waals surface area contributed by atoms with Crippen molar-refractivity contribution >= 4 is 21.6 Å². The summed E-state index contributed by atoms with van der Waals surface area (Å²) in [6.07, 6.45) is -4.32. The van der Waals surface area contributed by atoms with Crippen molar-refractivity contribution in [3.8, 4) is 5.75 Å². The molecule has 0 bridgehead atoms. The van der Waals surface area contributed by atoms with E-state index in [0.717, 1.165) is 16.6 Å². The summed E-state index contributed by atoms with van der Waals surface area (Å²) in [6.45, 7) is 0.167. The van der Waals surface area contributed by atoms with Gasteiger partial charge in [-0.15, -0.1) is 0 Å². The van der Waals surface area contributed by atoms with Crippen LogP contribution in [0.2, 0.25) is 0 Å². The Morgan fingerprint density at radius 2 is 1.70 bits per heavy atom. The Labute approximate surface area is 122 Å². The third kappa shape index (κ3) is 3.66. The van der Waals surface area contributed by atoms with Gasteiger partial charge in [0, 0.05) is 11.8 Å². The van der Waals surface area contributed by atoms with Gasteiger partial charge in [0.05, 0.1) is 10.0 Å². The summed E-state index contributed by atoms with van der Waals surface area (Å²) in [6, 6.07) is 9.97. The van der Waals surface area contributed by atoms with Crippen LogP contribution in [0.1, 0.15) is 11.1 Å². The quantitative estimate of drug-likeness (QED) is 0.823. The van der Waals surface area contributed by atoms with E-state index >= 15 is 0 Å². The highest BCUT2D eigenvalue weighted by Gasteiger charge is 2.29. The van der Waals surface area contributed by atoms with E-state index in [1.807, 2.05) is 0 Å². The molecule has 0 saturated heterocycles. The van der Waals surface area contributed by atoms with Gasteiger partial charge in [0.25, 0.3) is 0 Å². The monoisotopic (exact) mass is 345 g/mol. The molecule has 0 fully saturated rings. The molecule has 106 valence electrons. The molecule has 0 unspecified atom stereocenters. The summed E-state index contributed by atoms with van der Waals surface area (Å²) in [7, 11) is 0. The molecule has 0 atom stereocenters.